The number of nitrogens with one attached hydrogen (secondary N) is 1. The summed E-state index contributed by atoms with van der Waals surface area (Å²) in [5.41, 5.74) is 23.1. The highest BCUT2D eigenvalue weighted by atomic mass is 35.5. The normalized spacial score (nSPS) is 22.0. The molecule has 6 atom stereocenters. The number of para-hydroxylation sites is 2. The Hall–Kier alpha value is -7.91. The van der Waals surface area contributed by atoms with Crippen LogP contribution in [0.15, 0.2) is 255 Å². The molecule has 0 amide bonds. The lowest BCUT2D eigenvalue weighted by molar-refractivity contribution is 0.327. The van der Waals surface area contributed by atoms with E-state index in [-0.39, 0.29) is 10.8 Å². The number of nitrogens with zero attached hydrogens (tertiary/aromatic N) is 1. The Labute approximate surface area is 460 Å². The Morgan fingerprint density at radius 2 is 0.766 bits per heavy atom. The van der Waals surface area contributed by atoms with Crippen molar-refractivity contribution in [3.05, 3.63) is 282 Å². The van der Waals surface area contributed by atoms with E-state index in [9.17, 15) is 0 Å². The van der Waals surface area contributed by atoms with Gasteiger partial charge < -0.3 is 10.2 Å². The molecule has 4 bridgehead atoms. The van der Waals surface area contributed by atoms with Gasteiger partial charge in [-0.3, -0.25) is 0 Å². The van der Waals surface area contributed by atoms with Gasteiger partial charge in [0.25, 0.3) is 0 Å². The number of hydrogen-bond acceptors (Lipinski definition) is 2. The molecule has 376 valence electrons. The number of benzene rings is 10. The molecule has 16 rings (SSSR count). The summed E-state index contributed by atoms with van der Waals surface area (Å²) in [5, 5.41) is 4.36. The van der Waals surface area contributed by atoms with Gasteiger partial charge in [0.05, 0.1) is 5.69 Å². The van der Waals surface area contributed by atoms with Crippen LogP contribution in [0.3, 0.4) is 0 Å². The summed E-state index contributed by atoms with van der Waals surface area (Å²) in [4.78, 5) is 2.51. The second-order valence-electron chi connectivity index (χ2n) is 22.6. The van der Waals surface area contributed by atoms with Gasteiger partial charge in [0.1, 0.15) is 0 Å². The van der Waals surface area contributed by atoms with Crippen LogP contribution >= 0.6 is 11.6 Å². The van der Waals surface area contributed by atoms with Gasteiger partial charge in [0, 0.05) is 38.6 Å². The van der Waals surface area contributed by atoms with Crippen LogP contribution < -0.4 is 10.2 Å². The Bertz CT molecular complexity index is 3710. The van der Waals surface area contributed by atoms with Crippen molar-refractivity contribution in [1.82, 2.24) is 0 Å². The van der Waals surface area contributed by atoms with E-state index >= 15 is 0 Å². The summed E-state index contributed by atoms with van der Waals surface area (Å²) in [7, 11) is 0. The van der Waals surface area contributed by atoms with E-state index in [1.54, 1.807) is 16.7 Å². The molecule has 0 radical (unpaired) electrons. The predicted molar refractivity (Wildman–Crippen MR) is 323 cm³/mol. The fraction of sp³-hybridized carbons (Fsp3) is 0.189. The molecule has 6 aliphatic rings. The van der Waals surface area contributed by atoms with Crippen molar-refractivity contribution in [2.75, 3.05) is 10.2 Å². The quantitative estimate of drug-likeness (QED) is 0.171. The first-order chi connectivity index (χ1) is 38.0. The largest absolute Gasteiger partial charge is 0.356 e. The highest BCUT2D eigenvalue weighted by Crippen LogP contribution is 2.69. The van der Waals surface area contributed by atoms with Gasteiger partial charge in [-0.15, -0.1) is 0 Å². The Kier molecular flexibility index (Phi) is 12.3. The molecule has 4 fully saturated rings. The van der Waals surface area contributed by atoms with E-state index in [4.69, 9.17) is 11.6 Å². The molecule has 6 aliphatic carbocycles. The summed E-state index contributed by atoms with van der Waals surface area (Å²) in [6.45, 7) is 0. The molecule has 0 aliphatic heterocycles. The third kappa shape index (κ3) is 8.23. The Morgan fingerprint density at radius 3 is 1.30 bits per heavy atom. The molecular weight excluding hydrogens is 952 g/mol. The molecule has 10 aromatic carbocycles. The minimum Gasteiger partial charge on any atom is -0.356 e. The van der Waals surface area contributed by atoms with Gasteiger partial charge >= 0.3 is 0 Å². The number of hydrogen-bond donors (Lipinski definition) is 1. The molecule has 3 heteroatoms. The number of rotatable bonds is 7. The molecule has 2 spiro atoms. The maximum absolute atomic E-state index is 6.67. The summed E-state index contributed by atoms with van der Waals surface area (Å²) >= 11 is 6.67. The van der Waals surface area contributed by atoms with Crippen LogP contribution in [0.5, 0.6) is 0 Å². The monoisotopic (exact) mass is 1010 g/mol. The third-order valence-corrected chi connectivity index (χ3v) is 18.9. The van der Waals surface area contributed by atoms with Crippen molar-refractivity contribution in [1.29, 1.82) is 0 Å². The Morgan fingerprint density at radius 1 is 0.351 bits per heavy atom. The van der Waals surface area contributed by atoms with Gasteiger partial charge in [0.15, 0.2) is 0 Å². The topological polar surface area (TPSA) is 15.3 Å². The van der Waals surface area contributed by atoms with Crippen molar-refractivity contribution in [2.24, 2.45) is 23.7 Å². The lowest BCUT2D eigenvalue weighted by Gasteiger charge is -2.39. The zero-order valence-electron chi connectivity index (χ0n) is 43.5. The first kappa shape index (κ1) is 47.5. The van der Waals surface area contributed by atoms with Crippen LogP contribution in [-0.2, 0) is 10.8 Å². The van der Waals surface area contributed by atoms with E-state index in [1.165, 1.54) is 118 Å². The van der Waals surface area contributed by atoms with Crippen LogP contribution in [0.2, 0.25) is 5.02 Å². The average Bonchev–Trinajstić information content (AvgIpc) is 4.53. The van der Waals surface area contributed by atoms with E-state index in [2.05, 4.69) is 241 Å². The minimum absolute atomic E-state index is 0.127. The molecule has 0 saturated heterocycles. The zero-order valence-corrected chi connectivity index (χ0v) is 44.3. The van der Waals surface area contributed by atoms with Crippen molar-refractivity contribution >= 4 is 40.0 Å². The van der Waals surface area contributed by atoms with Crippen molar-refractivity contribution in [3.63, 3.8) is 0 Å². The van der Waals surface area contributed by atoms with Gasteiger partial charge in [-0.05, 0) is 190 Å². The van der Waals surface area contributed by atoms with Gasteiger partial charge in [-0.2, -0.15) is 0 Å². The van der Waals surface area contributed by atoms with Crippen LogP contribution in [0, 0.1) is 23.7 Å². The van der Waals surface area contributed by atoms with Gasteiger partial charge in [-0.25, -0.2) is 0 Å². The van der Waals surface area contributed by atoms with Crippen LogP contribution in [0.25, 0.3) is 44.5 Å². The van der Waals surface area contributed by atoms with E-state index in [0.29, 0.717) is 0 Å². The third-order valence-electron chi connectivity index (χ3n) is 18.6. The standard InChI is InChI=1S/C37H31N.C19H17Cl.C18H15N/c1-3-10-27(11-4-1)28-19-22-31(23-20-28)38(30-12-5-2-6-13-30)35-17-9-15-33-32-14-7-8-16-34(32)37(36(33)35)25-26-18-21-29(37)24-26;20-17-7-3-5-15-14-4-1-2-6-16(14)19(18(15)17)11-12-8-9-13(19)10-12;1-3-7-15(8-4-1)16-11-13-18(14-12-16)19-17-9-5-2-6-10-17/h1-17,19-20,22-23,26,29H,18,21,24-25H2;1-7,12-13H,8-11H2;1-14,19H. The van der Waals surface area contributed by atoms with Crippen LogP contribution in [-0.4, -0.2) is 0 Å². The first-order valence-electron chi connectivity index (χ1n) is 28.2. The van der Waals surface area contributed by atoms with Gasteiger partial charge in [-0.1, -0.05) is 219 Å². The summed E-state index contributed by atoms with van der Waals surface area (Å²) in [6, 6.07) is 91.6. The lowest BCUT2D eigenvalue weighted by atomic mass is 9.66. The second kappa shape index (κ2) is 19.9. The molecule has 1 N–H and O–H groups in total. The predicted octanol–water partition coefficient (Wildman–Crippen LogP) is 20.4. The molecule has 2 nitrogen and oxygen atoms in total. The van der Waals surface area contributed by atoms with E-state index in [1.807, 2.05) is 24.3 Å². The maximum Gasteiger partial charge on any atom is 0.0509 e. The SMILES string of the molecule is Clc1cccc2c1C1(CC3CCC1C3)c1ccccc1-2.c1ccc(-c2ccc(N(c3ccccc3)c3cccc4c3C3(CC5CCC3C5)c3ccccc3-4)cc2)cc1.c1ccc(Nc2ccc(-c3ccccc3)cc2)cc1. The molecule has 0 aromatic heterocycles. The van der Waals surface area contributed by atoms with Crippen molar-refractivity contribution in [2.45, 2.75) is 62.2 Å². The fourth-order valence-corrected chi connectivity index (χ4v) is 15.9. The summed E-state index contributed by atoms with van der Waals surface area (Å²) in [5.74, 6) is 3.29. The molecule has 6 unspecified atom stereocenters. The highest BCUT2D eigenvalue weighted by Gasteiger charge is 2.59. The summed E-state index contributed by atoms with van der Waals surface area (Å²) < 4.78 is 0. The lowest BCUT2D eigenvalue weighted by Crippen LogP contribution is -2.33. The van der Waals surface area contributed by atoms with Crippen LogP contribution in [0.4, 0.5) is 28.4 Å². The smallest absolute Gasteiger partial charge is 0.0509 e. The van der Waals surface area contributed by atoms with E-state index in [0.717, 1.165) is 40.1 Å². The molecule has 0 heterocycles. The summed E-state index contributed by atoms with van der Waals surface area (Å²) in [6.07, 6.45) is 10.9. The van der Waals surface area contributed by atoms with Crippen LogP contribution in [0.1, 0.15) is 73.6 Å². The number of anilines is 5. The Balaban J connectivity index is 0.000000116. The van der Waals surface area contributed by atoms with E-state index < -0.39 is 0 Å². The number of fused-ring (bicyclic) bond motifs is 16. The minimum atomic E-state index is 0.127. The number of halogens is 1. The van der Waals surface area contributed by atoms with Crippen molar-refractivity contribution < 1.29 is 0 Å². The van der Waals surface area contributed by atoms with Gasteiger partial charge in [0.2, 0.25) is 0 Å². The van der Waals surface area contributed by atoms with Crippen molar-refractivity contribution in [3.8, 4) is 44.5 Å². The fourth-order valence-electron chi connectivity index (χ4n) is 15.5. The molecule has 77 heavy (non-hydrogen) atoms. The molecular formula is C74H63ClN2. The molecule has 10 aromatic rings. The average molecular weight is 1020 g/mol. The zero-order chi connectivity index (χ0) is 51.3. The second-order valence-corrected chi connectivity index (χ2v) is 23.0. The molecule has 4 saturated carbocycles. The first-order valence-corrected chi connectivity index (χ1v) is 28.5. The highest BCUT2D eigenvalue weighted by molar-refractivity contribution is 6.32. The maximum atomic E-state index is 6.67.